The molecule has 26 heavy (non-hydrogen) atoms. The molecule has 2 amide bonds. The van der Waals surface area contributed by atoms with Crippen molar-refractivity contribution >= 4 is 23.3 Å². The van der Waals surface area contributed by atoms with Gasteiger partial charge >= 0.3 is 6.03 Å². The summed E-state index contributed by atoms with van der Waals surface area (Å²) >= 11 is 0. The Morgan fingerprint density at radius 1 is 1.19 bits per heavy atom. The number of nitrogens with one attached hydrogen (secondary N) is 2. The molecule has 1 aromatic carbocycles. The first-order valence-corrected chi connectivity index (χ1v) is 8.50. The summed E-state index contributed by atoms with van der Waals surface area (Å²) in [5, 5.41) is 5.28. The van der Waals surface area contributed by atoms with E-state index in [9.17, 15) is 4.79 Å². The minimum atomic E-state index is -0.246. The SMILES string of the molecule is CNC(=O)Nc1ccc(-c2cc3nccn3c(N3CCOCC3)n2)cc1. The number of anilines is 2. The molecule has 0 radical (unpaired) electrons. The van der Waals surface area contributed by atoms with Crippen molar-refractivity contribution < 1.29 is 9.53 Å². The quantitative estimate of drug-likeness (QED) is 0.753. The molecule has 8 heteroatoms. The molecule has 3 heterocycles. The van der Waals surface area contributed by atoms with Crippen molar-refractivity contribution in [1.82, 2.24) is 19.7 Å². The van der Waals surface area contributed by atoms with Gasteiger partial charge in [0.2, 0.25) is 5.95 Å². The molecule has 8 nitrogen and oxygen atoms in total. The largest absolute Gasteiger partial charge is 0.378 e. The Morgan fingerprint density at radius 3 is 2.69 bits per heavy atom. The standard InChI is InChI=1S/C18H20N6O2/c1-19-17(25)21-14-4-2-13(3-5-14)15-12-16-20-6-7-24(16)18(22-15)23-8-10-26-11-9-23/h2-7,12H,8-11H2,1H3,(H2,19,21,25). The van der Waals surface area contributed by atoms with E-state index < -0.39 is 0 Å². The Bertz CT molecular complexity index is 915. The monoisotopic (exact) mass is 352 g/mol. The summed E-state index contributed by atoms with van der Waals surface area (Å²) in [5.74, 6) is 0.867. The molecule has 0 spiro atoms. The van der Waals surface area contributed by atoms with Crippen molar-refractivity contribution in [3.63, 3.8) is 0 Å². The zero-order chi connectivity index (χ0) is 17.9. The molecule has 1 aliphatic heterocycles. The van der Waals surface area contributed by atoms with Gasteiger partial charge in [0, 0.05) is 49.8 Å². The lowest BCUT2D eigenvalue weighted by atomic mass is 10.1. The van der Waals surface area contributed by atoms with Crippen molar-refractivity contribution in [3.8, 4) is 11.3 Å². The topological polar surface area (TPSA) is 83.8 Å². The smallest absolute Gasteiger partial charge is 0.318 e. The van der Waals surface area contributed by atoms with Crippen LogP contribution in [0.1, 0.15) is 0 Å². The van der Waals surface area contributed by atoms with Gasteiger partial charge in [-0.1, -0.05) is 12.1 Å². The predicted octanol–water partition coefficient (Wildman–Crippen LogP) is 1.98. The van der Waals surface area contributed by atoms with Gasteiger partial charge in [0.15, 0.2) is 0 Å². The van der Waals surface area contributed by atoms with Crippen LogP contribution >= 0.6 is 0 Å². The lowest BCUT2D eigenvalue weighted by Crippen LogP contribution is -2.38. The van der Waals surface area contributed by atoms with Gasteiger partial charge in [0.05, 0.1) is 18.9 Å². The number of hydrogen-bond acceptors (Lipinski definition) is 5. The van der Waals surface area contributed by atoms with E-state index in [1.807, 2.05) is 40.9 Å². The van der Waals surface area contributed by atoms with Crippen LogP contribution in [0.2, 0.25) is 0 Å². The van der Waals surface area contributed by atoms with Gasteiger partial charge in [0.25, 0.3) is 0 Å². The molecule has 0 atom stereocenters. The highest BCUT2D eigenvalue weighted by molar-refractivity contribution is 5.89. The summed E-state index contributed by atoms with van der Waals surface area (Å²) in [5.41, 5.74) is 3.39. The van der Waals surface area contributed by atoms with Crippen molar-refractivity contribution in [2.45, 2.75) is 0 Å². The number of aromatic nitrogens is 3. The third-order valence-corrected chi connectivity index (χ3v) is 4.33. The molecule has 1 fully saturated rings. The molecular weight excluding hydrogens is 332 g/mol. The first kappa shape index (κ1) is 16.3. The van der Waals surface area contributed by atoms with Crippen LogP contribution in [0.4, 0.5) is 16.4 Å². The summed E-state index contributed by atoms with van der Waals surface area (Å²) in [6, 6.07) is 9.31. The molecule has 0 saturated carbocycles. The maximum Gasteiger partial charge on any atom is 0.318 e. The number of benzene rings is 1. The second-order valence-electron chi connectivity index (χ2n) is 5.98. The maximum absolute atomic E-state index is 11.4. The average molecular weight is 352 g/mol. The van der Waals surface area contributed by atoms with E-state index >= 15 is 0 Å². The van der Waals surface area contributed by atoms with Crippen LogP contribution in [-0.2, 0) is 4.74 Å². The summed E-state index contributed by atoms with van der Waals surface area (Å²) < 4.78 is 7.45. The third kappa shape index (κ3) is 3.18. The zero-order valence-electron chi connectivity index (χ0n) is 14.5. The third-order valence-electron chi connectivity index (χ3n) is 4.33. The fourth-order valence-corrected chi connectivity index (χ4v) is 2.96. The number of morpholine rings is 1. The van der Waals surface area contributed by atoms with Crippen LogP contribution in [0.5, 0.6) is 0 Å². The molecule has 4 rings (SSSR count). The number of rotatable bonds is 3. The Balaban J connectivity index is 1.69. The highest BCUT2D eigenvalue weighted by Crippen LogP contribution is 2.25. The van der Waals surface area contributed by atoms with Crippen molar-refractivity contribution in [2.24, 2.45) is 0 Å². The van der Waals surface area contributed by atoms with Gasteiger partial charge in [-0.2, -0.15) is 0 Å². The van der Waals surface area contributed by atoms with Crippen LogP contribution in [0.15, 0.2) is 42.7 Å². The minimum absolute atomic E-state index is 0.246. The maximum atomic E-state index is 11.4. The normalized spacial score (nSPS) is 14.4. The average Bonchev–Trinajstić information content (AvgIpc) is 3.17. The number of ether oxygens (including phenoxy) is 1. The first-order valence-electron chi connectivity index (χ1n) is 8.50. The first-order chi connectivity index (χ1) is 12.7. The Hall–Kier alpha value is -3.13. The predicted molar refractivity (Wildman–Crippen MR) is 99.5 cm³/mol. The Morgan fingerprint density at radius 2 is 1.96 bits per heavy atom. The Kier molecular flexibility index (Phi) is 4.40. The highest BCUT2D eigenvalue weighted by atomic mass is 16.5. The lowest BCUT2D eigenvalue weighted by Gasteiger charge is -2.28. The highest BCUT2D eigenvalue weighted by Gasteiger charge is 2.17. The number of nitrogens with zero attached hydrogens (tertiary/aromatic N) is 4. The minimum Gasteiger partial charge on any atom is -0.378 e. The van der Waals surface area contributed by atoms with Gasteiger partial charge in [-0.25, -0.2) is 14.8 Å². The fraction of sp³-hybridized carbons (Fsp3) is 0.278. The number of imidazole rings is 1. The van der Waals surface area contributed by atoms with E-state index in [1.165, 1.54) is 0 Å². The van der Waals surface area contributed by atoms with Crippen molar-refractivity contribution in [3.05, 3.63) is 42.7 Å². The van der Waals surface area contributed by atoms with Gasteiger partial charge in [-0.3, -0.25) is 4.40 Å². The molecule has 0 bridgehead atoms. The number of carbonyl (C=O) groups excluding carboxylic acids is 1. The Labute approximate surface area is 150 Å². The second-order valence-corrected chi connectivity index (χ2v) is 5.98. The van der Waals surface area contributed by atoms with E-state index in [1.54, 1.807) is 13.2 Å². The summed E-state index contributed by atoms with van der Waals surface area (Å²) in [6.45, 7) is 3.00. The van der Waals surface area contributed by atoms with Crippen molar-refractivity contribution in [1.29, 1.82) is 0 Å². The van der Waals surface area contributed by atoms with Gasteiger partial charge in [0.1, 0.15) is 5.65 Å². The van der Waals surface area contributed by atoms with E-state index in [-0.39, 0.29) is 6.03 Å². The molecular formula is C18H20N6O2. The van der Waals surface area contributed by atoms with Crippen LogP contribution in [0, 0.1) is 0 Å². The van der Waals surface area contributed by atoms with E-state index in [0.717, 1.165) is 41.6 Å². The van der Waals surface area contributed by atoms with E-state index in [2.05, 4.69) is 20.5 Å². The van der Waals surface area contributed by atoms with E-state index in [0.29, 0.717) is 13.2 Å². The molecule has 0 unspecified atom stereocenters. The van der Waals surface area contributed by atoms with Crippen LogP contribution in [0.3, 0.4) is 0 Å². The molecule has 2 aromatic heterocycles. The molecule has 1 aliphatic rings. The second kappa shape index (κ2) is 7.01. The van der Waals surface area contributed by atoms with Gasteiger partial charge < -0.3 is 20.3 Å². The van der Waals surface area contributed by atoms with Crippen LogP contribution in [0.25, 0.3) is 16.9 Å². The van der Waals surface area contributed by atoms with E-state index in [4.69, 9.17) is 9.72 Å². The number of amides is 2. The number of fused-ring (bicyclic) bond motifs is 1. The van der Waals surface area contributed by atoms with Gasteiger partial charge in [-0.15, -0.1) is 0 Å². The summed E-state index contributed by atoms with van der Waals surface area (Å²) in [6.07, 6.45) is 3.70. The summed E-state index contributed by atoms with van der Waals surface area (Å²) in [7, 11) is 1.58. The number of urea groups is 1. The lowest BCUT2D eigenvalue weighted by molar-refractivity contribution is 0.122. The van der Waals surface area contributed by atoms with Gasteiger partial charge in [-0.05, 0) is 12.1 Å². The molecule has 1 saturated heterocycles. The molecule has 0 aliphatic carbocycles. The van der Waals surface area contributed by atoms with Crippen LogP contribution in [-0.4, -0.2) is 53.8 Å². The van der Waals surface area contributed by atoms with Crippen molar-refractivity contribution in [2.75, 3.05) is 43.6 Å². The molecule has 2 N–H and O–H groups in total. The number of carbonyl (C=O) groups is 1. The molecule has 3 aromatic rings. The fourth-order valence-electron chi connectivity index (χ4n) is 2.96. The van der Waals surface area contributed by atoms with Crippen LogP contribution < -0.4 is 15.5 Å². The zero-order valence-corrected chi connectivity index (χ0v) is 14.5. The number of hydrogen-bond donors (Lipinski definition) is 2. The summed E-state index contributed by atoms with van der Waals surface area (Å²) in [4.78, 5) is 22.9. The molecule has 134 valence electrons.